The Morgan fingerprint density at radius 2 is 1.74 bits per heavy atom. The first-order chi connectivity index (χ1) is 20.0. The number of likely N-dealkylation sites (N-methyl/N-ethyl adjacent to an activating group) is 1. The van der Waals surface area contributed by atoms with E-state index in [0.29, 0.717) is 18.1 Å². The maximum atomic E-state index is 11.7. The molecule has 0 bridgehead atoms. The highest BCUT2D eigenvalue weighted by Gasteiger charge is 2.51. The molecule has 244 valence electrons. The first-order valence-electron chi connectivity index (χ1n) is 15.0. The van der Waals surface area contributed by atoms with Crippen LogP contribution in [0.3, 0.4) is 0 Å². The van der Waals surface area contributed by atoms with Crippen LogP contribution in [-0.4, -0.2) is 144 Å². The molecule has 0 spiro atoms. The first-order valence-corrected chi connectivity index (χ1v) is 15.0. The molecule has 0 amide bonds. The molecular formula is C27H52N6O9. The highest BCUT2D eigenvalue weighted by molar-refractivity contribution is 5.06. The van der Waals surface area contributed by atoms with Gasteiger partial charge in [-0.05, 0) is 58.2 Å². The third kappa shape index (κ3) is 7.79. The van der Waals surface area contributed by atoms with Gasteiger partial charge in [-0.25, -0.2) is 0 Å². The zero-order valence-corrected chi connectivity index (χ0v) is 24.5. The van der Waals surface area contributed by atoms with E-state index in [1.54, 1.807) is 14.0 Å². The van der Waals surface area contributed by atoms with E-state index in [-0.39, 0.29) is 44.9 Å². The SMILES string of the molecule is CN[C@@H]1[C@@H](O)[C@@H](O[C@H]2[C@H](NC(CO)CO)C[C@H](N)C(O[C@H]3OC(CN)=CC[C@H]3NCC3CC(N)C3)[C@@H]2O)OC[C@]1(C)O. The molecule has 0 aromatic heterocycles. The number of aliphatic hydroxyl groups is 5. The Morgan fingerprint density at radius 1 is 1.05 bits per heavy atom. The summed E-state index contributed by atoms with van der Waals surface area (Å²) in [6.45, 7) is 1.64. The minimum Gasteiger partial charge on any atom is -0.467 e. The molecule has 4 aliphatic rings. The summed E-state index contributed by atoms with van der Waals surface area (Å²) < 4.78 is 24.4. The molecular weight excluding hydrogens is 552 g/mol. The number of hydrogen-bond acceptors (Lipinski definition) is 15. The molecule has 3 fully saturated rings. The van der Waals surface area contributed by atoms with Crippen molar-refractivity contribution in [1.82, 2.24) is 16.0 Å². The average molecular weight is 605 g/mol. The van der Waals surface area contributed by atoms with Gasteiger partial charge in [0.2, 0.25) is 6.29 Å². The van der Waals surface area contributed by atoms with Gasteiger partial charge in [-0.2, -0.15) is 0 Å². The van der Waals surface area contributed by atoms with E-state index in [1.165, 1.54) is 0 Å². The van der Waals surface area contributed by atoms with Crippen LogP contribution in [0.5, 0.6) is 0 Å². The summed E-state index contributed by atoms with van der Waals surface area (Å²) in [5.41, 5.74) is 17.0. The number of nitrogens with one attached hydrogen (secondary N) is 3. The lowest BCUT2D eigenvalue weighted by atomic mass is 9.81. The van der Waals surface area contributed by atoms with E-state index in [1.807, 2.05) is 6.08 Å². The molecule has 0 aromatic rings. The molecule has 15 heteroatoms. The van der Waals surface area contributed by atoms with Crippen LogP contribution in [0.4, 0.5) is 0 Å². The van der Waals surface area contributed by atoms with Crippen LogP contribution in [0.2, 0.25) is 0 Å². The lowest BCUT2D eigenvalue weighted by Gasteiger charge is -2.49. The highest BCUT2D eigenvalue weighted by Crippen LogP contribution is 2.33. The summed E-state index contributed by atoms with van der Waals surface area (Å²) >= 11 is 0. The molecule has 42 heavy (non-hydrogen) atoms. The molecule has 15 nitrogen and oxygen atoms in total. The Kier molecular flexibility index (Phi) is 12.0. The molecule has 0 aromatic carbocycles. The van der Waals surface area contributed by atoms with Crippen molar-refractivity contribution in [3.8, 4) is 0 Å². The van der Waals surface area contributed by atoms with Gasteiger partial charge < -0.3 is 77.6 Å². The monoisotopic (exact) mass is 604 g/mol. The topological polar surface area (TPSA) is 252 Å². The van der Waals surface area contributed by atoms with Crippen LogP contribution in [0.15, 0.2) is 11.8 Å². The molecule has 2 aliphatic heterocycles. The normalized spacial score (nSPS) is 44.4. The van der Waals surface area contributed by atoms with Gasteiger partial charge in [-0.1, -0.05) is 0 Å². The number of hydrogen-bond donors (Lipinski definition) is 11. The van der Waals surface area contributed by atoms with Crippen LogP contribution in [0.1, 0.15) is 32.6 Å². The quantitative estimate of drug-likeness (QED) is 0.0947. The van der Waals surface area contributed by atoms with Gasteiger partial charge in [-0.3, -0.25) is 0 Å². The zero-order chi connectivity index (χ0) is 30.6. The summed E-state index contributed by atoms with van der Waals surface area (Å²) in [4.78, 5) is 0. The van der Waals surface area contributed by atoms with Gasteiger partial charge >= 0.3 is 0 Å². The van der Waals surface area contributed by atoms with E-state index in [4.69, 9.17) is 36.1 Å². The van der Waals surface area contributed by atoms with Crippen molar-refractivity contribution in [3.63, 3.8) is 0 Å². The minimum atomic E-state index is -1.36. The lowest BCUT2D eigenvalue weighted by molar-refractivity contribution is -0.304. The maximum Gasteiger partial charge on any atom is 0.215 e. The van der Waals surface area contributed by atoms with Crippen molar-refractivity contribution in [2.75, 3.05) is 40.0 Å². The minimum absolute atomic E-state index is 0.125. The standard InChI is InChI=1S/C27H52N6O9/c1-27(38)12-39-26(21(37)24(27)31-2)42-23-19(33-15(10-34)11-35)7-17(30)22(20(23)36)41-25-18(4-3-16(8-28)40-25)32-9-13-5-14(29)6-13/h3,13-15,17-26,31-38H,4-12,28-30H2,1-2H3/t13?,14?,17-,18+,19+,20-,21+,22?,23-,24+,25+,26+,27-/m0/s1. The van der Waals surface area contributed by atoms with Crippen LogP contribution < -0.4 is 33.2 Å². The third-order valence-electron chi connectivity index (χ3n) is 8.97. The molecule has 2 saturated carbocycles. The highest BCUT2D eigenvalue weighted by atomic mass is 16.7. The Balaban J connectivity index is 1.51. The number of nitrogens with two attached hydrogens (primary N) is 3. The fourth-order valence-corrected chi connectivity index (χ4v) is 6.46. The van der Waals surface area contributed by atoms with E-state index >= 15 is 0 Å². The Morgan fingerprint density at radius 3 is 2.36 bits per heavy atom. The third-order valence-corrected chi connectivity index (χ3v) is 8.97. The summed E-state index contributed by atoms with van der Waals surface area (Å²) in [7, 11) is 1.61. The number of rotatable bonds is 13. The van der Waals surface area contributed by atoms with Crippen LogP contribution in [0.25, 0.3) is 0 Å². The molecule has 1 saturated heterocycles. The number of aliphatic hydroxyl groups excluding tert-OH is 4. The molecule has 0 radical (unpaired) electrons. The smallest absolute Gasteiger partial charge is 0.215 e. The van der Waals surface area contributed by atoms with E-state index in [2.05, 4.69) is 16.0 Å². The van der Waals surface area contributed by atoms with Crippen molar-refractivity contribution in [2.45, 2.75) is 111 Å². The van der Waals surface area contributed by atoms with Gasteiger partial charge in [-0.15, -0.1) is 0 Å². The Bertz CT molecular complexity index is 877. The summed E-state index contributed by atoms with van der Waals surface area (Å²) in [6.07, 6.45) is -1.89. The number of ether oxygens (including phenoxy) is 4. The average Bonchev–Trinajstić information content (AvgIpc) is 2.94. The molecule has 14 N–H and O–H groups in total. The van der Waals surface area contributed by atoms with Crippen molar-refractivity contribution in [2.24, 2.45) is 23.1 Å². The molecule has 2 heterocycles. The van der Waals surface area contributed by atoms with Crippen molar-refractivity contribution < 1.29 is 44.5 Å². The van der Waals surface area contributed by atoms with Crippen molar-refractivity contribution >= 4 is 0 Å². The van der Waals surface area contributed by atoms with Gasteiger partial charge in [0.25, 0.3) is 0 Å². The second-order valence-electron chi connectivity index (χ2n) is 12.4. The molecule has 11 atom stereocenters. The van der Waals surface area contributed by atoms with Gasteiger partial charge in [0.1, 0.15) is 35.8 Å². The predicted octanol–water partition coefficient (Wildman–Crippen LogP) is -4.50. The first kappa shape index (κ1) is 33.9. The molecule has 2 aliphatic carbocycles. The molecule has 1 unspecified atom stereocenters. The van der Waals surface area contributed by atoms with E-state index < -0.39 is 66.8 Å². The Labute approximate surface area is 247 Å². The van der Waals surface area contributed by atoms with Gasteiger partial charge in [0.05, 0.1) is 44.5 Å². The van der Waals surface area contributed by atoms with Crippen molar-refractivity contribution in [3.05, 3.63) is 11.8 Å². The summed E-state index contributed by atoms with van der Waals surface area (Å²) in [5.74, 6) is 1.05. The largest absolute Gasteiger partial charge is 0.467 e. The lowest BCUT2D eigenvalue weighted by Crippen LogP contribution is -2.69. The fourth-order valence-electron chi connectivity index (χ4n) is 6.46. The second kappa shape index (κ2) is 14.8. The van der Waals surface area contributed by atoms with Gasteiger partial charge in [0, 0.05) is 18.1 Å². The van der Waals surface area contributed by atoms with Gasteiger partial charge in [0.15, 0.2) is 6.29 Å². The second-order valence-corrected chi connectivity index (χ2v) is 12.4. The Hall–Kier alpha value is -1.02. The molecule has 4 rings (SSSR count). The summed E-state index contributed by atoms with van der Waals surface area (Å²) in [6, 6.07) is -2.78. The van der Waals surface area contributed by atoms with Crippen molar-refractivity contribution in [1.29, 1.82) is 0 Å². The van der Waals surface area contributed by atoms with E-state index in [9.17, 15) is 25.5 Å². The van der Waals surface area contributed by atoms with E-state index in [0.717, 1.165) is 19.4 Å². The van der Waals surface area contributed by atoms with Crippen LogP contribution in [-0.2, 0) is 18.9 Å². The predicted molar refractivity (Wildman–Crippen MR) is 152 cm³/mol. The fraction of sp³-hybridized carbons (Fsp3) is 0.926. The summed E-state index contributed by atoms with van der Waals surface area (Å²) in [5, 5.41) is 62.3. The maximum absolute atomic E-state index is 11.7. The van der Waals surface area contributed by atoms with Crippen LogP contribution in [0, 0.1) is 5.92 Å². The van der Waals surface area contributed by atoms with Crippen LogP contribution >= 0.6 is 0 Å². The zero-order valence-electron chi connectivity index (χ0n) is 24.5.